The molecule has 4 rings (SSSR count). The molecule has 30 heavy (non-hydrogen) atoms. The van der Waals surface area contributed by atoms with Crippen LogP contribution >= 0.6 is 0 Å². The van der Waals surface area contributed by atoms with E-state index in [1.165, 1.54) is 13.4 Å². The molecule has 3 N–H and O–H groups in total. The van der Waals surface area contributed by atoms with Crippen LogP contribution in [0.5, 0.6) is 0 Å². The molecule has 0 saturated carbocycles. The first kappa shape index (κ1) is 20.7. The summed E-state index contributed by atoms with van der Waals surface area (Å²) >= 11 is 0. The van der Waals surface area contributed by atoms with Crippen molar-refractivity contribution >= 4 is 23.4 Å². The monoisotopic (exact) mass is 418 g/mol. The molecule has 0 unspecified atom stereocenters. The maximum atomic E-state index is 11.9. The Balaban J connectivity index is 1.88. The van der Waals surface area contributed by atoms with Crippen LogP contribution in [0.25, 0.3) is 11.6 Å². The van der Waals surface area contributed by atoms with Crippen molar-refractivity contribution in [2.45, 2.75) is 57.4 Å². The van der Waals surface area contributed by atoms with Gasteiger partial charge in [0, 0.05) is 11.1 Å². The number of esters is 1. The van der Waals surface area contributed by atoms with E-state index in [-0.39, 0.29) is 12.4 Å². The maximum Gasteiger partial charge on any atom is 0.333 e. The molecule has 0 spiro atoms. The van der Waals surface area contributed by atoms with E-state index in [2.05, 4.69) is 10.1 Å². The number of methoxy groups -OCH3 is 1. The van der Waals surface area contributed by atoms with Crippen molar-refractivity contribution in [1.29, 1.82) is 0 Å². The predicted octanol–water partition coefficient (Wildman–Crippen LogP) is 1.23. The Labute approximate surface area is 173 Å². The lowest BCUT2D eigenvalue weighted by molar-refractivity contribution is -0.207. The molecule has 2 aromatic heterocycles. The predicted molar refractivity (Wildman–Crippen MR) is 106 cm³/mol. The third-order valence-corrected chi connectivity index (χ3v) is 5.58. The number of aliphatic hydroxyl groups is 1. The van der Waals surface area contributed by atoms with Crippen LogP contribution in [-0.2, 0) is 23.7 Å². The molecule has 4 heterocycles. The lowest BCUT2D eigenvalue weighted by Crippen LogP contribution is -2.40. The van der Waals surface area contributed by atoms with Crippen molar-refractivity contribution in [2.75, 3.05) is 19.5 Å². The molecule has 2 aliphatic rings. The Morgan fingerprint density at radius 3 is 2.83 bits per heavy atom. The summed E-state index contributed by atoms with van der Waals surface area (Å²) in [5, 5.41) is 14.2. The first-order valence-electron chi connectivity index (χ1n) is 9.64. The summed E-state index contributed by atoms with van der Waals surface area (Å²) in [7, 11) is 1.32. The fourth-order valence-electron chi connectivity index (χ4n) is 4.44. The second kappa shape index (κ2) is 7.02. The number of nitrogens with zero attached hydrogens (tertiary/aromatic N) is 3. The smallest absolute Gasteiger partial charge is 0.333 e. The number of fused-ring (bicyclic) bond motifs is 2. The molecule has 10 nitrogen and oxygen atoms in total. The van der Waals surface area contributed by atoms with Gasteiger partial charge in [0.25, 0.3) is 0 Å². The van der Waals surface area contributed by atoms with Crippen LogP contribution in [-0.4, -0.2) is 63.0 Å². The number of rotatable bonds is 4. The number of anilines is 1. The molecule has 0 amide bonds. The fraction of sp³-hybridized carbons (Fsp3) is 0.550. The minimum absolute atomic E-state index is 0.217. The Kier molecular flexibility index (Phi) is 4.85. The largest absolute Gasteiger partial charge is 0.466 e. The van der Waals surface area contributed by atoms with Gasteiger partial charge in [-0.05, 0) is 39.8 Å². The molecular weight excluding hydrogens is 392 g/mol. The summed E-state index contributed by atoms with van der Waals surface area (Å²) in [5.41, 5.74) is 7.48. The second-order valence-electron chi connectivity index (χ2n) is 8.21. The minimum atomic E-state index is -0.872. The Morgan fingerprint density at radius 2 is 2.17 bits per heavy atom. The molecule has 4 atom stereocenters. The van der Waals surface area contributed by atoms with Gasteiger partial charge in [0.1, 0.15) is 35.8 Å². The number of nitrogen functional groups attached to an aromatic ring is 1. The topological polar surface area (TPSA) is 130 Å². The number of carbonyl (C=O) groups is 1. The van der Waals surface area contributed by atoms with Crippen molar-refractivity contribution in [3.8, 4) is 0 Å². The van der Waals surface area contributed by atoms with Crippen molar-refractivity contribution in [2.24, 2.45) is 0 Å². The van der Waals surface area contributed by atoms with Gasteiger partial charge in [-0.1, -0.05) is 0 Å². The number of carbonyl (C=O) groups excluding carboxylic acids is 1. The lowest BCUT2D eigenvalue weighted by Gasteiger charge is -2.29. The molecule has 2 aromatic rings. The van der Waals surface area contributed by atoms with Crippen LogP contribution in [0.3, 0.4) is 0 Å². The van der Waals surface area contributed by atoms with Crippen molar-refractivity contribution in [3.63, 3.8) is 0 Å². The number of aliphatic hydroxyl groups excluding tert-OH is 1. The maximum absolute atomic E-state index is 11.9. The molecule has 0 bridgehead atoms. The standard InChI is InChI=1S/C20H26N4O6/c1-10(18(26)27-5)6-11-7-12(24-14(11)17(21)22-9-23-24)15-20(4)16(13(8-25)28-15)29-19(2,3)30-20/h6-7,9,13,15-16,25H,8H2,1-5H3,(H2,21,22,23)/t13-,15+,16-,20+/m1/s1. The highest BCUT2D eigenvalue weighted by Gasteiger charge is 2.64. The van der Waals surface area contributed by atoms with Crippen LogP contribution in [0.1, 0.15) is 45.1 Å². The van der Waals surface area contributed by atoms with E-state index < -0.39 is 35.7 Å². The Morgan fingerprint density at radius 1 is 1.43 bits per heavy atom. The van der Waals surface area contributed by atoms with E-state index in [1.807, 2.05) is 26.8 Å². The zero-order chi connectivity index (χ0) is 21.8. The highest BCUT2D eigenvalue weighted by atomic mass is 16.8. The number of nitrogens with two attached hydrogens (primary N) is 1. The summed E-state index contributed by atoms with van der Waals surface area (Å²) in [5.74, 6) is -1.03. The number of hydrogen-bond acceptors (Lipinski definition) is 9. The first-order chi connectivity index (χ1) is 14.1. The van der Waals surface area contributed by atoms with Gasteiger partial charge in [-0.3, -0.25) is 0 Å². The van der Waals surface area contributed by atoms with Gasteiger partial charge in [-0.25, -0.2) is 14.3 Å². The molecule has 0 aromatic carbocycles. The van der Waals surface area contributed by atoms with Gasteiger partial charge in [0.15, 0.2) is 11.6 Å². The van der Waals surface area contributed by atoms with Crippen LogP contribution in [0.15, 0.2) is 18.0 Å². The SMILES string of the molecule is COC(=O)C(C)=Cc1cc([C@@H]2O[C@H](CO)[C@H]3OC(C)(C)O[C@]32C)n2ncnc(N)c12. The van der Waals surface area contributed by atoms with E-state index in [0.717, 1.165) is 0 Å². The summed E-state index contributed by atoms with van der Waals surface area (Å²) in [6.07, 6.45) is 1.37. The van der Waals surface area contributed by atoms with E-state index in [4.69, 9.17) is 24.7 Å². The van der Waals surface area contributed by atoms with E-state index >= 15 is 0 Å². The summed E-state index contributed by atoms with van der Waals surface area (Å²) in [6, 6.07) is 1.83. The molecule has 162 valence electrons. The minimum Gasteiger partial charge on any atom is -0.466 e. The molecule has 2 saturated heterocycles. The summed E-state index contributed by atoms with van der Waals surface area (Å²) < 4.78 is 24.9. The Bertz CT molecular complexity index is 1030. The summed E-state index contributed by atoms with van der Waals surface area (Å²) in [4.78, 5) is 16.0. The normalized spacial score (nSPS) is 30.6. The first-order valence-corrected chi connectivity index (χ1v) is 9.64. The average Bonchev–Trinajstić information content (AvgIpc) is 3.25. The molecule has 0 aliphatic carbocycles. The fourth-order valence-corrected chi connectivity index (χ4v) is 4.44. The lowest BCUT2D eigenvalue weighted by atomic mass is 9.91. The van der Waals surface area contributed by atoms with Crippen LogP contribution in [0.2, 0.25) is 0 Å². The van der Waals surface area contributed by atoms with Crippen molar-refractivity contribution in [3.05, 3.63) is 29.2 Å². The zero-order valence-electron chi connectivity index (χ0n) is 17.6. The molecule has 10 heteroatoms. The average molecular weight is 418 g/mol. The highest BCUT2D eigenvalue weighted by molar-refractivity contribution is 5.95. The van der Waals surface area contributed by atoms with Gasteiger partial charge in [-0.2, -0.15) is 5.10 Å². The van der Waals surface area contributed by atoms with Crippen molar-refractivity contribution in [1.82, 2.24) is 14.6 Å². The second-order valence-corrected chi connectivity index (χ2v) is 8.21. The van der Waals surface area contributed by atoms with Crippen molar-refractivity contribution < 1.29 is 28.8 Å². The third kappa shape index (κ3) is 3.07. The number of hydrogen-bond donors (Lipinski definition) is 2. The quantitative estimate of drug-likeness (QED) is 0.556. The van der Waals surface area contributed by atoms with E-state index in [9.17, 15) is 9.90 Å². The number of ether oxygens (including phenoxy) is 4. The van der Waals surface area contributed by atoms with Crippen LogP contribution in [0, 0.1) is 0 Å². The van der Waals surface area contributed by atoms with Gasteiger partial charge in [0.05, 0.1) is 19.4 Å². The molecule has 2 aliphatic heterocycles. The van der Waals surface area contributed by atoms with Crippen LogP contribution in [0.4, 0.5) is 5.82 Å². The van der Waals surface area contributed by atoms with Gasteiger partial charge in [-0.15, -0.1) is 0 Å². The Hall–Kier alpha value is -2.53. The van der Waals surface area contributed by atoms with Gasteiger partial charge < -0.3 is 29.8 Å². The van der Waals surface area contributed by atoms with Gasteiger partial charge >= 0.3 is 5.97 Å². The molecule has 0 radical (unpaired) electrons. The zero-order valence-corrected chi connectivity index (χ0v) is 17.6. The summed E-state index contributed by atoms with van der Waals surface area (Å²) in [6.45, 7) is 6.98. The number of aromatic nitrogens is 3. The van der Waals surface area contributed by atoms with E-state index in [0.29, 0.717) is 22.3 Å². The highest BCUT2D eigenvalue weighted by Crippen LogP contribution is 2.53. The molecule has 2 fully saturated rings. The molecular formula is C20H26N4O6. The van der Waals surface area contributed by atoms with E-state index in [1.54, 1.807) is 17.5 Å². The third-order valence-electron chi connectivity index (χ3n) is 5.58. The van der Waals surface area contributed by atoms with Crippen LogP contribution < -0.4 is 5.73 Å². The van der Waals surface area contributed by atoms with Gasteiger partial charge in [0.2, 0.25) is 0 Å².